The summed E-state index contributed by atoms with van der Waals surface area (Å²) in [6.07, 6.45) is 8.07. The lowest BCUT2D eigenvalue weighted by molar-refractivity contribution is -0.127. The highest BCUT2D eigenvalue weighted by Crippen LogP contribution is 2.22. The third-order valence-electron chi connectivity index (χ3n) is 5.21. The number of carbonyl (C=O) groups excluding carboxylic acids is 1. The fraction of sp³-hybridized carbons (Fsp3) is 0.500. The lowest BCUT2D eigenvalue weighted by Crippen LogP contribution is -2.47. The van der Waals surface area contributed by atoms with Crippen molar-refractivity contribution < 1.29 is 4.79 Å². The second-order valence-electron chi connectivity index (χ2n) is 7.83. The van der Waals surface area contributed by atoms with E-state index < -0.39 is 0 Å². The highest BCUT2D eigenvalue weighted by atomic mass is 16.2. The predicted molar refractivity (Wildman–Crippen MR) is 116 cm³/mol. The van der Waals surface area contributed by atoms with E-state index in [1.54, 1.807) is 19.0 Å². The average Bonchev–Trinajstić information content (AvgIpc) is 3.11. The monoisotopic (exact) mass is 396 g/mol. The van der Waals surface area contributed by atoms with Crippen LogP contribution in [-0.2, 0) is 18.4 Å². The first-order valence-corrected chi connectivity index (χ1v) is 10.4. The van der Waals surface area contributed by atoms with Gasteiger partial charge in [-0.15, -0.1) is 0 Å². The number of guanidine groups is 1. The van der Waals surface area contributed by atoms with E-state index in [4.69, 9.17) is 4.99 Å². The summed E-state index contributed by atoms with van der Waals surface area (Å²) in [6, 6.07) is 10.6. The Morgan fingerprint density at radius 3 is 2.62 bits per heavy atom. The largest absolute Gasteiger partial charge is 0.354 e. The van der Waals surface area contributed by atoms with Gasteiger partial charge in [-0.05, 0) is 12.8 Å². The smallest absolute Gasteiger partial charge is 0.241 e. The number of aromatic nitrogens is 2. The first-order chi connectivity index (χ1) is 14.0. The summed E-state index contributed by atoms with van der Waals surface area (Å²) >= 11 is 0. The number of benzene rings is 1. The van der Waals surface area contributed by atoms with Crippen LogP contribution in [0.3, 0.4) is 0 Å². The maximum Gasteiger partial charge on any atom is 0.241 e. The standard InChI is InChI=1S/C22H32N6O/c1-27(2)20(29)15-24-22(25-19-12-8-5-9-13-19)23-14-18-16-28(3)26-21(18)17-10-6-4-7-11-17/h4,6-7,10-11,16,19H,5,8-9,12-15H2,1-3H3,(H2,23,24,25). The third kappa shape index (κ3) is 6.07. The Labute approximate surface area is 173 Å². The van der Waals surface area contributed by atoms with E-state index in [-0.39, 0.29) is 12.5 Å². The zero-order chi connectivity index (χ0) is 20.6. The molecule has 7 nitrogen and oxygen atoms in total. The second-order valence-corrected chi connectivity index (χ2v) is 7.83. The van der Waals surface area contributed by atoms with Crippen LogP contribution in [0, 0.1) is 0 Å². The van der Waals surface area contributed by atoms with E-state index >= 15 is 0 Å². The molecule has 0 spiro atoms. The quantitative estimate of drug-likeness (QED) is 0.581. The fourth-order valence-electron chi connectivity index (χ4n) is 3.57. The fourth-order valence-corrected chi connectivity index (χ4v) is 3.57. The summed E-state index contributed by atoms with van der Waals surface area (Å²) < 4.78 is 1.82. The molecule has 0 radical (unpaired) electrons. The number of nitrogens with zero attached hydrogens (tertiary/aromatic N) is 4. The van der Waals surface area contributed by atoms with Crippen molar-refractivity contribution >= 4 is 11.9 Å². The van der Waals surface area contributed by atoms with Crippen molar-refractivity contribution in [2.24, 2.45) is 12.0 Å². The third-order valence-corrected chi connectivity index (χ3v) is 5.21. The molecule has 7 heteroatoms. The van der Waals surface area contributed by atoms with Crippen LogP contribution in [0.4, 0.5) is 0 Å². The number of rotatable bonds is 6. The van der Waals surface area contributed by atoms with Crippen molar-refractivity contribution in [2.75, 3.05) is 20.6 Å². The molecule has 1 saturated carbocycles. The average molecular weight is 397 g/mol. The zero-order valence-electron chi connectivity index (χ0n) is 17.7. The molecular formula is C22H32N6O. The Bertz CT molecular complexity index is 821. The van der Waals surface area contributed by atoms with Crippen LogP contribution in [0.1, 0.15) is 37.7 Å². The van der Waals surface area contributed by atoms with Gasteiger partial charge in [0.1, 0.15) is 0 Å². The van der Waals surface area contributed by atoms with E-state index in [2.05, 4.69) is 27.9 Å². The van der Waals surface area contributed by atoms with Gasteiger partial charge < -0.3 is 15.5 Å². The number of carbonyl (C=O) groups is 1. The summed E-state index contributed by atoms with van der Waals surface area (Å²) in [7, 11) is 5.45. The van der Waals surface area contributed by atoms with Crippen molar-refractivity contribution in [3.8, 4) is 11.3 Å². The topological polar surface area (TPSA) is 74.5 Å². The van der Waals surface area contributed by atoms with Gasteiger partial charge in [-0.3, -0.25) is 9.48 Å². The van der Waals surface area contributed by atoms with E-state index in [1.165, 1.54) is 19.3 Å². The molecule has 1 aromatic heterocycles. The van der Waals surface area contributed by atoms with E-state index in [0.29, 0.717) is 18.5 Å². The summed E-state index contributed by atoms with van der Waals surface area (Å²) in [5, 5.41) is 11.4. The number of aliphatic imine (C=N–C) groups is 1. The molecule has 0 bridgehead atoms. The molecular weight excluding hydrogens is 364 g/mol. The van der Waals surface area contributed by atoms with Crippen LogP contribution in [0.15, 0.2) is 41.5 Å². The Morgan fingerprint density at radius 1 is 1.21 bits per heavy atom. The maximum absolute atomic E-state index is 12.0. The van der Waals surface area contributed by atoms with Crippen molar-refractivity contribution in [1.82, 2.24) is 25.3 Å². The van der Waals surface area contributed by atoms with Gasteiger partial charge >= 0.3 is 0 Å². The van der Waals surface area contributed by atoms with Crippen molar-refractivity contribution in [3.63, 3.8) is 0 Å². The molecule has 1 heterocycles. The van der Waals surface area contributed by atoms with Gasteiger partial charge in [0.05, 0.1) is 18.8 Å². The van der Waals surface area contributed by atoms with Crippen LogP contribution < -0.4 is 10.6 Å². The molecule has 2 aromatic rings. The number of aryl methyl sites for hydroxylation is 1. The molecule has 0 saturated heterocycles. The molecule has 3 rings (SSSR count). The van der Waals surface area contributed by atoms with Gasteiger partial charge in [-0.2, -0.15) is 5.10 Å². The predicted octanol–water partition coefficient (Wildman–Crippen LogP) is 2.54. The summed E-state index contributed by atoms with van der Waals surface area (Å²) in [4.78, 5) is 18.4. The number of likely N-dealkylation sites (N-methyl/N-ethyl adjacent to an activating group) is 1. The van der Waals surface area contributed by atoms with Gasteiger partial charge in [0.25, 0.3) is 0 Å². The summed E-state index contributed by atoms with van der Waals surface area (Å²) in [5.41, 5.74) is 3.08. The molecule has 1 fully saturated rings. The molecule has 0 aliphatic heterocycles. The zero-order valence-corrected chi connectivity index (χ0v) is 17.7. The van der Waals surface area contributed by atoms with Crippen molar-refractivity contribution in [2.45, 2.75) is 44.7 Å². The molecule has 1 aromatic carbocycles. The van der Waals surface area contributed by atoms with E-state index in [1.807, 2.05) is 36.1 Å². The van der Waals surface area contributed by atoms with Crippen LogP contribution >= 0.6 is 0 Å². The normalized spacial score (nSPS) is 15.2. The molecule has 156 valence electrons. The number of nitrogens with one attached hydrogen (secondary N) is 2. The highest BCUT2D eigenvalue weighted by molar-refractivity contribution is 5.86. The second kappa shape index (κ2) is 10.1. The van der Waals surface area contributed by atoms with Gasteiger partial charge in [0.2, 0.25) is 5.91 Å². The Balaban J connectivity index is 1.75. The minimum Gasteiger partial charge on any atom is -0.354 e. The van der Waals surface area contributed by atoms with Gasteiger partial charge in [-0.1, -0.05) is 49.6 Å². The van der Waals surface area contributed by atoms with Crippen LogP contribution in [0.5, 0.6) is 0 Å². The number of hydrogen-bond acceptors (Lipinski definition) is 3. The Kier molecular flexibility index (Phi) is 7.27. The molecule has 1 aliphatic carbocycles. The lowest BCUT2D eigenvalue weighted by atomic mass is 9.96. The van der Waals surface area contributed by atoms with Gasteiger partial charge in [0, 0.05) is 44.5 Å². The number of hydrogen-bond donors (Lipinski definition) is 2. The van der Waals surface area contributed by atoms with Gasteiger partial charge in [-0.25, -0.2) is 4.99 Å². The first-order valence-electron chi connectivity index (χ1n) is 10.4. The SMILES string of the molecule is CN(C)C(=O)CNC(=NCc1cn(C)nc1-c1ccccc1)NC1CCCCC1. The lowest BCUT2D eigenvalue weighted by Gasteiger charge is -2.25. The van der Waals surface area contributed by atoms with Crippen LogP contribution in [0.2, 0.25) is 0 Å². The summed E-state index contributed by atoms with van der Waals surface area (Å²) in [5.74, 6) is 0.712. The Morgan fingerprint density at radius 2 is 1.93 bits per heavy atom. The first kappa shape index (κ1) is 20.9. The molecule has 0 atom stereocenters. The molecule has 29 heavy (non-hydrogen) atoms. The van der Waals surface area contributed by atoms with E-state index in [9.17, 15) is 4.79 Å². The molecule has 0 unspecified atom stereocenters. The van der Waals surface area contributed by atoms with Crippen LogP contribution in [0.25, 0.3) is 11.3 Å². The molecule has 1 amide bonds. The maximum atomic E-state index is 12.0. The molecule has 1 aliphatic rings. The van der Waals surface area contributed by atoms with E-state index in [0.717, 1.165) is 29.7 Å². The highest BCUT2D eigenvalue weighted by Gasteiger charge is 2.16. The van der Waals surface area contributed by atoms with Gasteiger partial charge in [0.15, 0.2) is 5.96 Å². The van der Waals surface area contributed by atoms with Crippen LogP contribution in [-0.4, -0.2) is 53.2 Å². The summed E-state index contributed by atoms with van der Waals surface area (Å²) in [6.45, 7) is 0.723. The Hall–Kier alpha value is -2.83. The minimum absolute atomic E-state index is 0.0227. The van der Waals surface area contributed by atoms with Crippen molar-refractivity contribution in [1.29, 1.82) is 0 Å². The van der Waals surface area contributed by atoms with Crippen molar-refractivity contribution in [3.05, 3.63) is 42.1 Å². The minimum atomic E-state index is 0.0227. The number of amides is 1. The molecule has 2 N–H and O–H groups in total.